The fraction of sp³-hybridized carbons (Fsp3) is 1.00. The second-order valence-corrected chi connectivity index (χ2v) is 11.3. The normalized spacial score (nSPS) is 38.8. The van der Waals surface area contributed by atoms with Gasteiger partial charge in [0, 0.05) is 0 Å². The van der Waals surface area contributed by atoms with Crippen molar-refractivity contribution in [3.05, 3.63) is 0 Å². The molecule has 0 bridgehead atoms. The third-order valence-electron chi connectivity index (χ3n) is 3.99. The standard InChI is InChI=1S/C12H25FO4Si/c1-7-9(14)10(8(13)11(15)16-7)17-18(5,6)12(2,3)4/h7-11,14-15H,1-6H3. The molecule has 0 amide bonds. The second kappa shape index (κ2) is 5.17. The molecule has 4 nitrogen and oxygen atoms in total. The van der Waals surface area contributed by atoms with Crippen LogP contribution in [0.2, 0.25) is 18.1 Å². The highest BCUT2D eigenvalue weighted by molar-refractivity contribution is 6.74. The van der Waals surface area contributed by atoms with Gasteiger partial charge in [-0.2, -0.15) is 0 Å². The molecule has 0 aliphatic carbocycles. The van der Waals surface area contributed by atoms with Gasteiger partial charge in [0.2, 0.25) is 0 Å². The molecule has 0 radical (unpaired) electrons. The molecule has 1 fully saturated rings. The van der Waals surface area contributed by atoms with Crippen molar-refractivity contribution >= 4 is 8.32 Å². The zero-order valence-corrected chi connectivity index (χ0v) is 13.0. The summed E-state index contributed by atoms with van der Waals surface area (Å²) in [6.07, 6.45) is -5.97. The number of aliphatic hydroxyl groups is 2. The topological polar surface area (TPSA) is 58.9 Å². The van der Waals surface area contributed by atoms with E-state index in [1.165, 1.54) is 0 Å². The van der Waals surface area contributed by atoms with Crippen LogP contribution >= 0.6 is 0 Å². The van der Waals surface area contributed by atoms with E-state index in [9.17, 15) is 14.6 Å². The first-order valence-electron chi connectivity index (χ1n) is 6.31. The lowest BCUT2D eigenvalue weighted by Crippen LogP contribution is -2.60. The lowest BCUT2D eigenvalue weighted by molar-refractivity contribution is -0.258. The molecule has 0 saturated carbocycles. The van der Waals surface area contributed by atoms with Gasteiger partial charge >= 0.3 is 0 Å². The average Bonchev–Trinajstić information content (AvgIpc) is 2.20. The fourth-order valence-electron chi connectivity index (χ4n) is 1.64. The Labute approximate surface area is 109 Å². The van der Waals surface area contributed by atoms with Gasteiger partial charge in [-0.25, -0.2) is 4.39 Å². The van der Waals surface area contributed by atoms with E-state index in [4.69, 9.17) is 9.16 Å². The van der Waals surface area contributed by atoms with Gasteiger partial charge < -0.3 is 19.4 Å². The van der Waals surface area contributed by atoms with Crippen molar-refractivity contribution in [1.82, 2.24) is 0 Å². The maximum atomic E-state index is 13.9. The van der Waals surface area contributed by atoms with Crippen molar-refractivity contribution in [1.29, 1.82) is 0 Å². The van der Waals surface area contributed by atoms with Crippen molar-refractivity contribution in [2.45, 2.75) is 76.6 Å². The molecule has 5 atom stereocenters. The molecule has 1 aliphatic heterocycles. The van der Waals surface area contributed by atoms with E-state index in [2.05, 4.69) is 0 Å². The molecule has 1 heterocycles. The molecule has 6 heteroatoms. The Morgan fingerprint density at radius 2 is 1.72 bits per heavy atom. The second-order valence-electron chi connectivity index (χ2n) is 6.51. The average molecular weight is 280 g/mol. The molecule has 18 heavy (non-hydrogen) atoms. The summed E-state index contributed by atoms with van der Waals surface area (Å²) in [5.41, 5.74) is 0. The zero-order chi connectivity index (χ0) is 14.3. The molecule has 1 saturated heterocycles. The number of halogens is 1. The predicted molar refractivity (Wildman–Crippen MR) is 69.5 cm³/mol. The van der Waals surface area contributed by atoms with Crippen LogP contribution in [0.5, 0.6) is 0 Å². The summed E-state index contributed by atoms with van der Waals surface area (Å²) < 4.78 is 24.7. The van der Waals surface area contributed by atoms with Crippen LogP contribution < -0.4 is 0 Å². The molecule has 5 unspecified atom stereocenters. The number of hydrogen-bond donors (Lipinski definition) is 2. The van der Waals surface area contributed by atoms with Crippen molar-refractivity contribution < 1.29 is 23.8 Å². The highest BCUT2D eigenvalue weighted by Crippen LogP contribution is 2.39. The molecule has 0 aromatic heterocycles. The van der Waals surface area contributed by atoms with Gasteiger partial charge in [-0.05, 0) is 25.1 Å². The van der Waals surface area contributed by atoms with E-state index < -0.39 is 39.1 Å². The van der Waals surface area contributed by atoms with Crippen molar-refractivity contribution in [3.8, 4) is 0 Å². The summed E-state index contributed by atoms with van der Waals surface area (Å²) in [5.74, 6) is 0. The number of rotatable bonds is 2. The molecular weight excluding hydrogens is 255 g/mol. The fourth-order valence-corrected chi connectivity index (χ4v) is 2.95. The summed E-state index contributed by atoms with van der Waals surface area (Å²) in [4.78, 5) is 0. The van der Waals surface area contributed by atoms with E-state index in [1.807, 2.05) is 33.9 Å². The van der Waals surface area contributed by atoms with Gasteiger partial charge in [-0.1, -0.05) is 20.8 Å². The maximum absolute atomic E-state index is 13.9. The van der Waals surface area contributed by atoms with Crippen molar-refractivity contribution in [3.63, 3.8) is 0 Å². The first-order valence-corrected chi connectivity index (χ1v) is 9.21. The van der Waals surface area contributed by atoms with E-state index in [-0.39, 0.29) is 5.04 Å². The van der Waals surface area contributed by atoms with Crippen LogP contribution in [-0.4, -0.2) is 49.3 Å². The molecule has 0 aromatic carbocycles. The maximum Gasteiger partial charge on any atom is 0.192 e. The van der Waals surface area contributed by atoms with Crippen LogP contribution in [0.1, 0.15) is 27.7 Å². The van der Waals surface area contributed by atoms with Crippen LogP contribution in [0.4, 0.5) is 4.39 Å². The van der Waals surface area contributed by atoms with Crippen LogP contribution in [0.15, 0.2) is 0 Å². The lowest BCUT2D eigenvalue weighted by Gasteiger charge is -2.45. The van der Waals surface area contributed by atoms with Gasteiger partial charge in [-0.15, -0.1) is 0 Å². The van der Waals surface area contributed by atoms with Crippen molar-refractivity contribution in [2.24, 2.45) is 0 Å². The third-order valence-corrected chi connectivity index (χ3v) is 8.47. The van der Waals surface area contributed by atoms with E-state index in [1.54, 1.807) is 6.92 Å². The Balaban J connectivity index is 2.87. The van der Waals surface area contributed by atoms with E-state index >= 15 is 0 Å². The Morgan fingerprint density at radius 3 is 2.17 bits per heavy atom. The van der Waals surface area contributed by atoms with E-state index in [0.717, 1.165) is 0 Å². The van der Waals surface area contributed by atoms with Crippen LogP contribution in [-0.2, 0) is 9.16 Å². The molecule has 1 rings (SSSR count). The van der Waals surface area contributed by atoms with Crippen LogP contribution in [0, 0.1) is 0 Å². The molecule has 108 valence electrons. The van der Waals surface area contributed by atoms with Gasteiger partial charge in [0.25, 0.3) is 0 Å². The largest absolute Gasteiger partial charge is 0.408 e. The Morgan fingerprint density at radius 1 is 1.22 bits per heavy atom. The Bertz CT molecular complexity index is 278. The highest BCUT2D eigenvalue weighted by atomic mass is 28.4. The SMILES string of the molecule is CC1OC(O)C(F)C(O[Si](C)(C)C(C)(C)C)C1O. The predicted octanol–water partition coefficient (Wildman–Crippen LogP) is 1.81. The number of aliphatic hydroxyl groups excluding tert-OH is 2. The van der Waals surface area contributed by atoms with Crippen LogP contribution in [0.3, 0.4) is 0 Å². The minimum atomic E-state index is -2.20. The molecule has 2 N–H and O–H groups in total. The quantitative estimate of drug-likeness (QED) is 0.758. The third kappa shape index (κ3) is 3.11. The molecule has 0 aromatic rings. The molecular formula is C12H25FO4Si. The van der Waals surface area contributed by atoms with E-state index in [0.29, 0.717) is 0 Å². The summed E-state index contributed by atoms with van der Waals surface area (Å²) in [6, 6.07) is 0. The lowest BCUT2D eigenvalue weighted by atomic mass is 10.0. The highest BCUT2D eigenvalue weighted by Gasteiger charge is 2.49. The zero-order valence-electron chi connectivity index (χ0n) is 12.0. The van der Waals surface area contributed by atoms with Crippen molar-refractivity contribution in [2.75, 3.05) is 0 Å². The number of alkyl halides is 1. The first kappa shape index (κ1) is 16.0. The van der Waals surface area contributed by atoms with Gasteiger partial charge in [0.15, 0.2) is 20.8 Å². The Hall–Kier alpha value is -0.0131. The van der Waals surface area contributed by atoms with Gasteiger partial charge in [0.05, 0.1) is 6.10 Å². The van der Waals surface area contributed by atoms with Gasteiger partial charge in [-0.3, -0.25) is 0 Å². The summed E-state index contributed by atoms with van der Waals surface area (Å²) in [6.45, 7) is 11.7. The summed E-state index contributed by atoms with van der Waals surface area (Å²) >= 11 is 0. The summed E-state index contributed by atoms with van der Waals surface area (Å²) in [7, 11) is -2.20. The monoisotopic (exact) mass is 280 g/mol. The van der Waals surface area contributed by atoms with Crippen LogP contribution in [0.25, 0.3) is 0 Å². The Kier molecular flexibility index (Phi) is 4.61. The number of ether oxygens (including phenoxy) is 1. The molecule has 0 spiro atoms. The van der Waals surface area contributed by atoms with Gasteiger partial charge in [0.1, 0.15) is 12.2 Å². The number of hydrogen-bond acceptors (Lipinski definition) is 4. The minimum absolute atomic E-state index is 0.0844. The minimum Gasteiger partial charge on any atom is -0.408 e. The molecule has 1 aliphatic rings. The first-order chi connectivity index (χ1) is 7.97. The smallest absolute Gasteiger partial charge is 0.192 e. The summed E-state index contributed by atoms with van der Waals surface area (Å²) in [5, 5.41) is 19.4.